The summed E-state index contributed by atoms with van der Waals surface area (Å²) < 4.78 is 42.5. The summed E-state index contributed by atoms with van der Waals surface area (Å²) in [5, 5.41) is 0. The van der Waals surface area contributed by atoms with Gasteiger partial charge in [-0.15, -0.1) is 0 Å². The highest BCUT2D eigenvalue weighted by atomic mass is 19.4. The van der Waals surface area contributed by atoms with E-state index < -0.39 is 12.1 Å². The van der Waals surface area contributed by atoms with Crippen LogP contribution in [-0.4, -0.2) is 40.8 Å². The highest BCUT2D eigenvalue weighted by Gasteiger charge is 2.43. The molecule has 0 radical (unpaired) electrons. The van der Waals surface area contributed by atoms with Crippen LogP contribution in [0.25, 0.3) is 11.0 Å². The average molecular weight is 472 g/mol. The van der Waals surface area contributed by atoms with E-state index >= 15 is 0 Å². The topological polar surface area (TPSA) is 67.4 Å². The van der Waals surface area contributed by atoms with E-state index in [0.717, 1.165) is 30.9 Å². The molecule has 1 aliphatic rings. The minimum absolute atomic E-state index is 0.0407. The van der Waals surface area contributed by atoms with Crippen molar-refractivity contribution in [2.75, 3.05) is 22.9 Å². The first kappa shape index (κ1) is 23.8. The molecule has 180 valence electrons. The first-order valence-electron chi connectivity index (χ1n) is 11.3. The summed E-state index contributed by atoms with van der Waals surface area (Å²) in [6.45, 7) is 5.94. The lowest BCUT2D eigenvalue weighted by atomic mass is 10.1. The maximum absolute atomic E-state index is 13.5. The molecule has 34 heavy (non-hydrogen) atoms. The van der Waals surface area contributed by atoms with E-state index in [1.165, 1.54) is 18.2 Å². The van der Waals surface area contributed by atoms with Crippen molar-refractivity contribution in [3.05, 3.63) is 60.2 Å². The monoisotopic (exact) mass is 471 g/mol. The Balaban J connectivity index is 1.86. The Morgan fingerprint density at radius 3 is 2.56 bits per heavy atom. The first-order valence-corrected chi connectivity index (χ1v) is 11.3. The number of para-hydroxylation sites is 1. The fourth-order valence-corrected chi connectivity index (χ4v) is 4.21. The zero-order valence-corrected chi connectivity index (χ0v) is 19.2. The Morgan fingerprint density at radius 1 is 1.18 bits per heavy atom. The van der Waals surface area contributed by atoms with E-state index in [1.54, 1.807) is 30.3 Å². The Labute approximate surface area is 196 Å². The summed E-state index contributed by atoms with van der Waals surface area (Å²) in [7, 11) is 0. The standard InChI is InChI=1S/C25H28F3N5O/c1-17(2)12-14-32-22-15-20(33(23(34)25(26,27)28)19-8-4-3-5-9-19)10-11-21(22)30-24(32)31-13-6-7-18(29)16-31/h3-5,8-12,15,18H,6-7,13-14,16,29H2,1-2H3. The van der Waals surface area contributed by atoms with Gasteiger partial charge in [-0.2, -0.15) is 13.2 Å². The van der Waals surface area contributed by atoms with Gasteiger partial charge in [0.15, 0.2) is 0 Å². The second kappa shape index (κ2) is 9.50. The van der Waals surface area contributed by atoms with Gasteiger partial charge in [-0.05, 0) is 57.0 Å². The molecular formula is C25H28F3N5O. The molecule has 2 aromatic carbocycles. The highest BCUT2D eigenvalue weighted by Crippen LogP contribution is 2.34. The lowest BCUT2D eigenvalue weighted by molar-refractivity contribution is -0.169. The second-order valence-corrected chi connectivity index (χ2v) is 8.80. The lowest BCUT2D eigenvalue weighted by Gasteiger charge is -2.31. The number of carbonyl (C=O) groups excluding carboxylic acids is 1. The van der Waals surface area contributed by atoms with Crippen molar-refractivity contribution >= 4 is 34.3 Å². The SMILES string of the molecule is CC(C)=CCn1c(N2CCCC(N)C2)nc2ccc(N(C(=O)C(F)(F)F)c3ccccc3)cc21. The number of anilines is 3. The molecule has 9 heteroatoms. The van der Waals surface area contributed by atoms with Gasteiger partial charge < -0.3 is 15.2 Å². The number of carbonyl (C=O) groups is 1. The Bertz CT molecular complexity index is 1200. The largest absolute Gasteiger partial charge is 0.472 e. The third-order valence-electron chi connectivity index (χ3n) is 5.85. The molecule has 6 nitrogen and oxygen atoms in total. The normalized spacial score (nSPS) is 16.5. The summed E-state index contributed by atoms with van der Waals surface area (Å²) in [5.74, 6) is -1.22. The molecule has 1 amide bonds. The van der Waals surface area contributed by atoms with Crippen molar-refractivity contribution in [2.45, 2.75) is 45.5 Å². The maximum atomic E-state index is 13.5. The van der Waals surface area contributed by atoms with Gasteiger partial charge >= 0.3 is 12.1 Å². The Hall–Kier alpha value is -3.33. The fraction of sp³-hybridized carbons (Fsp3) is 0.360. The molecule has 1 aliphatic heterocycles. The van der Waals surface area contributed by atoms with Crippen molar-refractivity contribution < 1.29 is 18.0 Å². The van der Waals surface area contributed by atoms with Gasteiger partial charge in [0.2, 0.25) is 5.95 Å². The minimum Gasteiger partial charge on any atom is -0.341 e. The predicted octanol–water partition coefficient (Wildman–Crippen LogP) is 5.16. The number of hydrogen-bond donors (Lipinski definition) is 1. The summed E-state index contributed by atoms with van der Waals surface area (Å²) in [5.41, 5.74) is 8.86. The molecule has 2 heterocycles. The number of fused-ring (bicyclic) bond motifs is 1. The molecule has 3 aromatic rings. The highest BCUT2D eigenvalue weighted by molar-refractivity contribution is 6.04. The van der Waals surface area contributed by atoms with E-state index in [4.69, 9.17) is 10.7 Å². The fourth-order valence-electron chi connectivity index (χ4n) is 4.21. The molecule has 0 spiro atoms. The third-order valence-corrected chi connectivity index (χ3v) is 5.85. The molecule has 1 fully saturated rings. The van der Waals surface area contributed by atoms with Gasteiger partial charge in [0.25, 0.3) is 0 Å². The third kappa shape index (κ3) is 4.94. The number of rotatable bonds is 5. The number of nitrogens with zero attached hydrogens (tertiary/aromatic N) is 4. The van der Waals surface area contributed by atoms with E-state index in [9.17, 15) is 18.0 Å². The number of benzene rings is 2. The summed E-state index contributed by atoms with van der Waals surface area (Å²) in [6, 6.07) is 12.7. The quantitative estimate of drug-likeness (QED) is 0.522. The van der Waals surface area contributed by atoms with Crippen LogP contribution in [0.1, 0.15) is 26.7 Å². The number of alkyl halides is 3. The molecule has 1 unspecified atom stereocenters. The molecule has 2 N–H and O–H groups in total. The van der Waals surface area contributed by atoms with E-state index in [-0.39, 0.29) is 17.4 Å². The summed E-state index contributed by atoms with van der Waals surface area (Å²) in [6.07, 6.45) is -1.10. The van der Waals surface area contributed by atoms with Crippen LogP contribution in [0.2, 0.25) is 0 Å². The zero-order chi connectivity index (χ0) is 24.5. The van der Waals surface area contributed by atoms with Gasteiger partial charge in [-0.25, -0.2) is 4.98 Å². The second-order valence-electron chi connectivity index (χ2n) is 8.80. The maximum Gasteiger partial charge on any atom is 0.472 e. The van der Waals surface area contributed by atoms with Gasteiger partial charge in [0, 0.05) is 31.4 Å². The van der Waals surface area contributed by atoms with Crippen molar-refractivity contribution in [1.29, 1.82) is 0 Å². The zero-order valence-electron chi connectivity index (χ0n) is 19.2. The lowest BCUT2D eigenvalue weighted by Crippen LogP contribution is -2.43. The van der Waals surface area contributed by atoms with Gasteiger partial charge in [0.05, 0.1) is 16.7 Å². The van der Waals surface area contributed by atoms with Crippen LogP contribution in [0.3, 0.4) is 0 Å². The van der Waals surface area contributed by atoms with Crippen LogP contribution in [-0.2, 0) is 11.3 Å². The van der Waals surface area contributed by atoms with Crippen LogP contribution in [0.5, 0.6) is 0 Å². The van der Waals surface area contributed by atoms with Crippen LogP contribution in [0, 0.1) is 0 Å². The van der Waals surface area contributed by atoms with Crippen LogP contribution in [0.4, 0.5) is 30.5 Å². The predicted molar refractivity (Wildman–Crippen MR) is 128 cm³/mol. The van der Waals surface area contributed by atoms with E-state index in [1.807, 2.05) is 24.5 Å². The Morgan fingerprint density at radius 2 is 1.91 bits per heavy atom. The number of amides is 1. The number of halogens is 3. The van der Waals surface area contributed by atoms with Crippen molar-refractivity contribution in [3.63, 3.8) is 0 Å². The minimum atomic E-state index is -5.03. The van der Waals surface area contributed by atoms with Crippen molar-refractivity contribution in [3.8, 4) is 0 Å². The molecule has 4 rings (SSSR count). The number of nitrogens with two attached hydrogens (primary N) is 1. The van der Waals surface area contributed by atoms with Crippen molar-refractivity contribution in [2.24, 2.45) is 5.73 Å². The molecule has 1 saturated heterocycles. The smallest absolute Gasteiger partial charge is 0.341 e. The summed E-state index contributed by atoms with van der Waals surface area (Å²) >= 11 is 0. The summed E-state index contributed by atoms with van der Waals surface area (Å²) in [4.78, 5) is 20.1. The molecular weight excluding hydrogens is 443 g/mol. The number of allylic oxidation sites excluding steroid dienone is 2. The van der Waals surface area contributed by atoms with E-state index in [0.29, 0.717) is 29.0 Å². The van der Waals surface area contributed by atoms with E-state index in [2.05, 4.69) is 4.90 Å². The first-order chi connectivity index (χ1) is 16.1. The van der Waals surface area contributed by atoms with Crippen molar-refractivity contribution in [1.82, 2.24) is 9.55 Å². The number of imidazole rings is 1. The van der Waals surface area contributed by atoms with Gasteiger partial charge in [0.1, 0.15) is 0 Å². The number of piperidine rings is 1. The molecule has 0 aliphatic carbocycles. The van der Waals surface area contributed by atoms with Gasteiger partial charge in [-0.1, -0.05) is 29.8 Å². The number of aromatic nitrogens is 2. The average Bonchev–Trinajstić information content (AvgIpc) is 3.16. The Kier molecular flexibility index (Phi) is 6.65. The number of hydrogen-bond acceptors (Lipinski definition) is 4. The van der Waals surface area contributed by atoms with Gasteiger partial charge in [-0.3, -0.25) is 9.69 Å². The van der Waals surface area contributed by atoms with Crippen LogP contribution in [0.15, 0.2) is 60.2 Å². The molecule has 1 atom stereocenters. The molecule has 1 aromatic heterocycles. The molecule has 0 saturated carbocycles. The molecule has 0 bridgehead atoms. The van der Waals surface area contributed by atoms with Crippen LogP contribution < -0.4 is 15.5 Å². The van der Waals surface area contributed by atoms with Crippen LogP contribution >= 0.6 is 0 Å².